The van der Waals surface area contributed by atoms with Gasteiger partial charge >= 0.3 is 0 Å². The summed E-state index contributed by atoms with van der Waals surface area (Å²) in [5.41, 5.74) is 5.90. The van der Waals surface area contributed by atoms with Crippen LogP contribution in [0.5, 0.6) is 0 Å². The topological polar surface area (TPSA) is 63.4 Å². The van der Waals surface area contributed by atoms with Crippen molar-refractivity contribution in [2.24, 2.45) is 5.73 Å². The van der Waals surface area contributed by atoms with Crippen molar-refractivity contribution in [2.45, 2.75) is 37.1 Å². The largest absolute Gasteiger partial charge is 0.330 e. The second kappa shape index (κ2) is 5.56. The smallest absolute Gasteiger partial charge is 0.243 e. The third-order valence-electron chi connectivity index (χ3n) is 3.26. The minimum atomic E-state index is -3.55. The Kier molecular flexibility index (Phi) is 4.23. The molecule has 1 fully saturated rings. The first kappa shape index (κ1) is 14.4. The molecule has 0 amide bonds. The van der Waals surface area contributed by atoms with Crippen LogP contribution in [0.2, 0.25) is 0 Å². The molecule has 1 aromatic rings. The SMILES string of the molecule is Cc1cc(F)ccc1S(=O)(=O)N(CCCN)C1CC1. The molecule has 0 radical (unpaired) electrons. The first-order valence-corrected chi connectivity index (χ1v) is 7.89. The molecule has 1 aliphatic carbocycles. The third-order valence-corrected chi connectivity index (χ3v) is 5.37. The minimum Gasteiger partial charge on any atom is -0.330 e. The van der Waals surface area contributed by atoms with E-state index < -0.39 is 15.8 Å². The molecule has 2 N–H and O–H groups in total. The van der Waals surface area contributed by atoms with E-state index >= 15 is 0 Å². The maximum absolute atomic E-state index is 13.1. The lowest BCUT2D eigenvalue weighted by atomic mass is 10.2. The van der Waals surface area contributed by atoms with E-state index in [0.29, 0.717) is 25.1 Å². The van der Waals surface area contributed by atoms with Crippen molar-refractivity contribution in [3.8, 4) is 0 Å². The lowest BCUT2D eigenvalue weighted by Gasteiger charge is -2.22. The lowest BCUT2D eigenvalue weighted by Crippen LogP contribution is -2.35. The Morgan fingerprint density at radius 3 is 2.63 bits per heavy atom. The van der Waals surface area contributed by atoms with Gasteiger partial charge in [-0.3, -0.25) is 0 Å². The zero-order valence-electron chi connectivity index (χ0n) is 11.0. The van der Waals surface area contributed by atoms with Crippen molar-refractivity contribution in [3.05, 3.63) is 29.6 Å². The maximum Gasteiger partial charge on any atom is 0.243 e. The predicted octanol–water partition coefficient (Wildman–Crippen LogP) is 1.64. The number of aryl methyl sites for hydroxylation is 1. The molecule has 1 saturated carbocycles. The van der Waals surface area contributed by atoms with E-state index in [4.69, 9.17) is 5.73 Å². The van der Waals surface area contributed by atoms with Crippen LogP contribution >= 0.6 is 0 Å². The molecule has 0 unspecified atom stereocenters. The standard InChI is InChI=1S/C13H19FN2O2S/c1-10-9-11(14)3-6-13(10)19(17,18)16(8-2-7-15)12-4-5-12/h3,6,9,12H,2,4-5,7-8,15H2,1H3. The number of nitrogens with zero attached hydrogens (tertiary/aromatic N) is 1. The Balaban J connectivity index is 2.33. The van der Waals surface area contributed by atoms with Gasteiger partial charge in [0, 0.05) is 12.6 Å². The van der Waals surface area contributed by atoms with Crippen LogP contribution < -0.4 is 5.73 Å². The van der Waals surface area contributed by atoms with E-state index in [1.807, 2.05) is 0 Å². The van der Waals surface area contributed by atoms with Crippen molar-refractivity contribution in [1.29, 1.82) is 0 Å². The molecule has 1 aromatic carbocycles. The van der Waals surface area contributed by atoms with Crippen molar-refractivity contribution in [2.75, 3.05) is 13.1 Å². The summed E-state index contributed by atoms with van der Waals surface area (Å²) in [4.78, 5) is 0.192. The average Bonchev–Trinajstić information content (AvgIpc) is 3.13. The summed E-state index contributed by atoms with van der Waals surface area (Å²) in [6.07, 6.45) is 2.42. The van der Waals surface area contributed by atoms with Crippen LogP contribution in [0.4, 0.5) is 4.39 Å². The van der Waals surface area contributed by atoms with Gasteiger partial charge in [0.1, 0.15) is 5.82 Å². The molecular formula is C13H19FN2O2S. The Hall–Kier alpha value is -0.980. The number of benzene rings is 1. The number of sulfonamides is 1. The fourth-order valence-corrected chi connectivity index (χ4v) is 4.07. The number of hydrogen-bond acceptors (Lipinski definition) is 3. The minimum absolute atomic E-state index is 0.0843. The zero-order valence-corrected chi connectivity index (χ0v) is 11.8. The maximum atomic E-state index is 13.1. The van der Waals surface area contributed by atoms with Crippen LogP contribution in [0.25, 0.3) is 0 Å². The molecule has 2 rings (SSSR count). The first-order chi connectivity index (χ1) is 8.96. The molecule has 19 heavy (non-hydrogen) atoms. The van der Waals surface area contributed by atoms with Crippen LogP contribution in [0, 0.1) is 12.7 Å². The molecule has 0 heterocycles. The molecule has 106 valence electrons. The number of nitrogens with two attached hydrogens (primary N) is 1. The van der Waals surface area contributed by atoms with Crippen molar-refractivity contribution in [3.63, 3.8) is 0 Å². The Morgan fingerprint density at radius 1 is 1.42 bits per heavy atom. The molecule has 0 aromatic heterocycles. The van der Waals surface area contributed by atoms with Crippen molar-refractivity contribution in [1.82, 2.24) is 4.31 Å². The van der Waals surface area contributed by atoms with E-state index in [1.54, 1.807) is 6.92 Å². The summed E-state index contributed by atoms with van der Waals surface area (Å²) in [5.74, 6) is -0.420. The van der Waals surface area contributed by atoms with Crippen LogP contribution in [-0.4, -0.2) is 31.9 Å². The molecule has 0 saturated heterocycles. The van der Waals surface area contributed by atoms with Gasteiger partial charge in [-0.2, -0.15) is 4.31 Å². The van der Waals surface area contributed by atoms with Crippen LogP contribution in [0.3, 0.4) is 0 Å². The molecule has 0 spiro atoms. The monoisotopic (exact) mass is 286 g/mol. The summed E-state index contributed by atoms with van der Waals surface area (Å²) < 4.78 is 39.8. The summed E-state index contributed by atoms with van der Waals surface area (Å²) in [6.45, 7) is 2.51. The van der Waals surface area contributed by atoms with Gasteiger partial charge in [-0.1, -0.05) is 0 Å². The number of halogens is 1. The van der Waals surface area contributed by atoms with Crippen molar-refractivity contribution < 1.29 is 12.8 Å². The molecule has 4 nitrogen and oxygen atoms in total. The third kappa shape index (κ3) is 3.13. The van der Waals surface area contributed by atoms with Gasteiger partial charge in [0.2, 0.25) is 10.0 Å². The molecule has 0 bridgehead atoms. The molecule has 1 aliphatic rings. The molecule has 0 aliphatic heterocycles. The second-order valence-electron chi connectivity index (χ2n) is 4.90. The van der Waals surface area contributed by atoms with Gasteiger partial charge in [-0.25, -0.2) is 12.8 Å². The van der Waals surface area contributed by atoms with Gasteiger partial charge in [0.25, 0.3) is 0 Å². The van der Waals surface area contributed by atoms with Gasteiger partial charge in [-0.05, 0) is 56.5 Å². The van der Waals surface area contributed by atoms with Gasteiger partial charge < -0.3 is 5.73 Å². The lowest BCUT2D eigenvalue weighted by molar-refractivity contribution is 0.399. The molecule has 0 atom stereocenters. The molecule has 6 heteroatoms. The van der Waals surface area contributed by atoms with E-state index in [2.05, 4.69) is 0 Å². The number of rotatable bonds is 6. The Labute approximate surface area is 113 Å². The Morgan fingerprint density at radius 2 is 2.11 bits per heavy atom. The van der Waals surface area contributed by atoms with E-state index in [9.17, 15) is 12.8 Å². The molecular weight excluding hydrogens is 267 g/mol. The van der Waals surface area contributed by atoms with Gasteiger partial charge in [0.05, 0.1) is 4.90 Å². The highest BCUT2D eigenvalue weighted by Crippen LogP contribution is 2.33. The second-order valence-corrected chi connectivity index (χ2v) is 6.76. The Bertz CT molecular complexity index is 556. The highest BCUT2D eigenvalue weighted by molar-refractivity contribution is 7.89. The van der Waals surface area contributed by atoms with Crippen LogP contribution in [-0.2, 0) is 10.0 Å². The summed E-state index contributed by atoms with van der Waals surface area (Å²) in [5, 5.41) is 0. The fourth-order valence-electron chi connectivity index (χ4n) is 2.14. The van der Waals surface area contributed by atoms with Gasteiger partial charge in [0.15, 0.2) is 0 Å². The average molecular weight is 286 g/mol. The van der Waals surface area contributed by atoms with E-state index in [-0.39, 0.29) is 10.9 Å². The van der Waals surface area contributed by atoms with E-state index in [0.717, 1.165) is 12.8 Å². The van der Waals surface area contributed by atoms with E-state index in [1.165, 1.54) is 22.5 Å². The quantitative estimate of drug-likeness (QED) is 0.864. The fraction of sp³-hybridized carbons (Fsp3) is 0.538. The first-order valence-electron chi connectivity index (χ1n) is 6.45. The summed E-state index contributed by atoms with van der Waals surface area (Å²) >= 11 is 0. The number of hydrogen-bond donors (Lipinski definition) is 1. The van der Waals surface area contributed by atoms with Crippen LogP contribution in [0.1, 0.15) is 24.8 Å². The van der Waals surface area contributed by atoms with Crippen LogP contribution in [0.15, 0.2) is 23.1 Å². The summed E-state index contributed by atoms with van der Waals surface area (Å²) in [7, 11) is -3.55. The summed E-state index contributed by atoms with van der Waals surface area (Å²) in [6, 6.07) is 3.87. The predicted molar refractivity (Wildman–Crippen MR) is 71.7 cm³/mol. The zero-order chi connectivity index (χ0) is 14.0. The highest BCUT2D eigenvalue weighted by atomic mass is 32.2. The van der Waals surface area contributed by atoms with Crippen molar-refractivity contribution >= 4 is 10.0 Å². The van der Waals surface area contributed by atoms with Gasteiger partial charge in [-0.15, -0.1) is 0 Å². The normalized spacial score (nSPS) is 16.0. The highest BCUT2D eigenvalue weighted by Gasteiger charge is 2.38.